The Morgan fingerprint density at radius 2 is 2.11 bits per heavy atom. The number of rotatable bonds is 4. The molecule has 0 saturated carbocycles. The first kappa shape index (κ1) is 13.2. The van der Waals surface area contributed by atoms with Gasteiger partial charge in [-0.3, -0.25) is 0 Å². The van der Waals surface area contributed by atoms with E-state index in [1.165, 1.54) is 29.5 Å². The Hall–Kier alpha value is -1.27. The van der Waals surface area contributed by atoms with Gasteiger partial charge in [-0.15, -0.1) is 11.3 Å². The van der Waals surface area contributed by atoms with Gasteiger partial charge < -0.3 is 0 Å². The molecular formula is C12H12FNO2S2. The lowest BCUT2D eigenvalue weighted by molar-refractivity contribution is 0.593. The lowest BCUT2D eigenvalue weighted by Crippen LogP contribution is -2.08. The summed E-state index contributed by atoms with van der Waals surface area (Å²) >= 11 is 1.42. The maximum Gasteiger partial charge on any atom is 0.160 e. The monoisotopic (exact) mass is 285 g/mol. The van der Waals surface area contributed by atoms with Crippen LogP contribution in [-0.4, -0.2) is 13.4 Å². The number of hydrogen-bond acceptors (Lipinski definition) is 4. The van der Waals surface area contributed by atoms with Gasteiger partial charge in [0, 0.05) is 5.38 Å². The molecule has 2 rings (SSSR count). The number of hydrogen-bond donors (Lipinski definition) is 0. The summed E-state index contributed by atoms with van der Waals surface area (Å²) in [5.74, 6) is -0.693. The largest absolute Gasteiger partial charge is 0.246 e. The predicted octanol–water partition coefficient (Wildman–Crippen LogP) is 2.71. The zero-order valence-electron chi connectivity index (χ0n) is 9.76. The fraction of sp³-hybridized carbons (Fsp3) is 0.250. The second kappa shape index (κ2) is 5.16. The van der Waals surface area contributed by atoms with Gasteiger partial charge in [-0.25, -0.2) is 17.8 Å². The maximum absolute atomic E-state index is 13.0. The molecule has 0 aliphatic rings. The summed E-state index contributed by atoms with van der Waals surface area (Å²) in [4.78, 5) is 4.12. The van der Waals surface area contributed by atoms with E-state index in [2.05, 4.69) is 4.98 Å². The fourth-order valence-electron chi connectivity index (χ4n) is 1.63. The summed E-state index contributed by atoms with van der Waals surface area (Å²) in [6, 6.07) is 5.64. The number of aryl methyl sites for hydroxylation is 1. The van der Waals surface area contributed by atoms with Crippen LogP contribution in [0.4, 0.5) is 4.39 Å². The lowest BCUT2D eigenvalue weighted by Gasteiger charge is -2.03. The Bertz CT molecular complexity index is 650. The zero-order valence-corrected chi connectivity index (χ0v) is 11.4. The molecule has 0 saturated heterocycles. The molecule has 0 N–H and O–H groups in total. The normalized spacial score (nSPS) is 11.7. The minimum Gasteiger partial charge on any atom is -0.246 e. The van der Waals surface area contributed by atoms with Gasteiger partial charge in [0.2, 0.25) is 0 Å². The highest BCUT2D eigenvalue weighted by atomic mass is 32.2. The first-order chi connectivity index (χ1) is 8.44. The van der Waals surface area contributed by atoms with Gasteiger partial charge in [0.25, 0.3) is 0 Å². The molecule has 0 spiro atoms. The first-order valence-electron chi connectivity index (χ1n) is 5.30. The summed E-state index contributed by atoms with van der Waals surface area (Å²) in [6.07, 6.45) is 0. The highest BCUT2D eigenvalue weighted by molar-refractivity contribution is 7.89. The molecule has 3 nitrogen and oxygen atoms in total. The van der Waals surface area contributed by atoms with E-state index in [1.54, 1.807) is 11.4 Å². The highest BCUT2D eigenvalue weighted by Gasteiger charge is 2.15. The van der Waals surface area contributed by atoms with E-state index in [4.69, 9.17) is 0 Å². The number of halogens is 1. The van der Waals surface area contributed by atoms with Gasteiger partial charge in [-0.2, -0.15) is 0 Å². The summed E-state index contributed by atoms with van der Waals surface area (Å²) in [6.45, 7) is 1.83. The minimum atomic E-state index is -3.31. The smallest absolute Gasteiger partial charge is 0.160 e. The molecule has 2 aromatic rings. The number of nitrogens with zero attached hydrogens (tertiary/aromatic N) is 1. The van der Waals surface area contributed by atoms with E-state index >= 15 is 0 Å². The summed E-state index contributed by atoms with van der Waals surface area (Å²) in [5.41, 5.74) is 1.01. The van der Waals surface area contributed by atoms with Crippen molar-refractivity contribution in [2.45, 2.75) is 18.4 Å². The molecule has 6 heteroatoms. The van der Waals surface area contributed by atoms with Crippen molar-refractivity contribution in [1.29, 1.82) is 0 Å². The lowest BCUT2D eigenvalue weighted by atomic mass is 10.2. The average Bonchev–Trinajstić information content (AvgIpc) is 2.62. The zero-order chi connectivity index (χ0) is 13.2. The van der Waals surface area contributed by atoms with Crippen molar-refractivity contribution < 1.29 is 12.8 Å². The SMILES string of the molecule is Cc1nc(CS(=O)(=O)Cc2cccc(F)c2)cs1. The fourth-order valence-corrected chi connectivity index (χ4v) is 3.74. The molecule has 96 valence electrons. The quantitative estimate of drug-likeness (QED) is 0.867. The van der Waals surface area contributed by atoms with Crippen LogP contribution in [-0.2, 0) is 21.3 Å². The van der Waals surface area contributed by atoms with Crippen molar-refractivity contribution in [3.05, 3.63) is 51.7 Å². The number of benzene rings is 1. The number of aromatic nitrogens is 1. The molecule has 18 heavy (non-hydrogen) atoms. The van der Waals surface area contributed by atoms with Crippen LogP contribution in [0.15, 0.2) is 29.6 Å². The van der Waals surface area contributed by atoms with Crippen LogP contribution in [0.2, 0.25) is 0 Å². The molecule has 0 radical (unpaired) electrons. The van der Waals surface area contributed by atoms with Crippen molar-refractivity contribution in [2.75, 3.05) is 0 Å². The molecule has 0 atom stereocenters. The number of sulfone groups is 1. The summed E-state index contributed by atoms with van der Waals surface area (Å²) < 4.78 is 36.8. The van der Waals surface area contributed by atoms with Gasteiger partial charge in [0.05, 0.1) is 22.2 Å². The predicted molar refractivity (Wildman–Crippen MR) is 69.6 cm³/mol. The Balaban J connectivity index is 2.12. The molecule has 1 aromatic carbocycles. The van der Waals surface area contributed by atoms with Gasteiger partial charge >= 0.3 is 0 Å². The van der Waals surface area contributed by atoms with Crippen LogP contribution < -0.4 is 0 Å². The van der Waals surface area contributed by atoms with Crippen LogP contribution in [0.1, 0.15) is 16.3 Å². The van der Waals surface area contributed by atoms with Crippen LogP contribution in [0.25, 0.3) is 0 Å². The minimum absolute atomic E-state index is 0.103. The number of thiazole rings is 1. The van der Waals surface area contributed by atoms with Crippen molar-refractivity contribution in [1.82, 2.24) is 4.98 Å². The summed E-state index contributed by atoms with van der Waals surface area (Å²) in [5, 5.41) is 2.57. The molecular weight excluding hydrogens is 273 g/mol. The van der Waals surface area contributed by atoms with E-state index in [0.29, 0.717) is 11.3 Å². The van der Waals surface area contributed by atoms with Gasteiger partial charge in [0.1, 0.15) is 5.82 Å². The van der Waals surface area contributed by atoms with Crippen molar-refractivity contribution >= 4 is 21.2 Å². The average molecular weight is 285 g/mol. The van der Waals surface area contributed by atoms with Gasteiger partial charge in [0.15, 0.2) is 9.84 Å². The van der Waals surface area contributed by atoms with E-state index in [9.17, 15) is 12.8 Å². The molecule has 0 unspecified atom stereocenters. The van der Waals surface area contributed by atoms with Gasteiger partial charge in [-0.05, 0) is 24.6 Å². The molecule has 1 heterocycles. The second-order valence-corrected chi connectivity index (χ2v) is 7.15. The van der Waals surface area contributed by atoms with Crippen molar-refractivity contribution in [2.24, 2.45) is 0 Å². The molecule has 1 aromatic heterocycles. The third kappa shape index (κ3) is 3.61. The second-order valence-electron chi connectivity index (χ2n) is 4.02. The summed E-state index contributed by atoms with van der Waals surface area (Å²) in [7, 11) is -3.31. The van der Waals surface area contributed by atoms with Crippen LogP contribution >= 0.6 is 11.3 Å². The third-order valence-electron chi connectivity index (χ3n) is 2.31. The highest BCUT2D eigenvalue weighted by Crippen LogP contribution is 2.15. The van der Waals surface area contributed by atoms with Crippen LogP contribution in [0, 0.1) is 12.7 Å². The van der Waals surface area contributed by atoms with E-state index in [-0.39, 0.29) is 11.5 Å². The molecule has 0 aliphatic carbocycles. The topological polar surface area (TPSA) is 47.0 Å². The van der Waals surface area contributed by atoms with E-state index < -0.39 is 15.7 Å². The third-order valence-corrected chi connectivity index (χ3v) is 4.64. The van der Waals surface area contributed by atoms with Crippen molar-refractivity contribution in [3.63, 3.8) is 0 Å². The molecule has 0 bridgehead atoms. The van der Waals surface area contributed by atoms with E-state index in [1.807, 2.05) is 6.92 Å². The van der Waals surface area contributed by atoms with Gasteiger partial charge in [-0.1, -0.05) is 12.1 Å². The van der Waals surface area contributed by atoms with Crippen LogP contribution in [0.3, 0.4) is 0 Å². The maximum atomic E-state index is 13.0. The Labute approximate surface area is 109 Å². The Morgan fingerprint density at radius 1 is 1.33 bits per heavy atom. The van der Waals surface area contributed by atoms with E-state index in [0.717, 1.165) is 5.01 Å². The van der Waals surface area contributed by atoms with Crippen molar-refractivity contribution in [3.8, 4) is 0 Å². The Kier molecular flexibility index (Phi) is 3.77. The first-order valence-corrected chi connectivity index (χ1v) is 8.00. The standard InChI is InChI=1S/C12H12FNO2S2/c1-9-14-12(6-17-9)8-18(15,16)7-10-3-2-4-11(13)5-10/h2-6H,7-8H2,1H3. The molecule has 0 amide bonds. The Morgan fingerprint density at radius 3 is 2.72 bits per heavy atom. The molecule has 0 aliphatic heterocycles. The van der Waals surface area contributed by atoms with Crippen LogP contribution in [0.5, 0.6) is 0 Å². The molecule has 0 fully saturated rings.